The summed E-state index contributed by atoms with van der Waals surface area (Å²) in [5, 5.41) is 0.935. The number of alkyl halides is 1. The van der Waals surface area contributed by atoms with E-state index in [4.69, 9.17) is 0 Å². The van der Waals surface area contributed by atoms with Crippen molar-refractivity contribution in [3.8, 4) is 0 Å². The molecule has 0 bridgehead atoms. The summed E-state index contributed by atoms with van der Waals surface area (Å²) in [6.45, 7) is 7.96. The van der Waals surface area contributed by atoms with Crippen molar-refractivity contribution in [3.05, 3.63) is 29.8 Å². The normalized spacial score (nSPS) is 10.9. The third-order valence-corrected chi connectivity index (χ3v) is 3.70. The molecule has 0 aliphatic heterocycles. The Kier molecular flexibility index (Phi) is 6.64. The third-order valence-electron chi connectivity index (χ3n) is 3.05. The highest BCUT2D eigenvalue weighted by atomic mass is 79.9. The maximum atomic E-state index is 3.49. The molecule has 1 nitrogen and oxygen atoms in total. The van der Waals surface area contributed by atoms with Crippen molar-refractivity contribution in [1.82, 2.24) is 0 Å². The Hall–Kier alpha value is -0.500. The van der Waals surface area contributed by atoms with Crippen LogP contribution in [-0.4, -0.2) is 12.6 Å². The molecule has 0 aliphatic rings. The average Bonchev–Trinajstić information content (AvgIpc) is 2.34. The number of halogens is 1. The molecule has 1 rings (SSSR count). The van der Waals surface area contributed by atoms with Gasteiger partial charge in [0.2, 0.25) is 0 Å². The van der Waals surface area contributed by atoms with Crippen LogP contribution < -0.4 is 4.90 Å². The highest BCUT2D eigenvalue weighted by Crippen LogP contribution is 2.19. The van der Waals surface area contributed by atoms with Crippen molar-refractivity contribution in [3.63, 3.8) is 0 Å². The summed E-state index contributed by atoms with van der Waals surface area (Å²) in [6.07, 6.45) is 3.89. The molecule has 0 heterocycles. The van der Waals surface area contributed by atoms with Crippen LogP contribution in [0.1, 0.15) is 45.6 Å². The highest BCUT2D eigenvalue weighted by molar-refractivity contribution is 9.08. The molecular formula is C15H24BrN. The first kappa shape index (κ1) is 14.6. The summed E-state index contributed by atoms with van der Waals surface area (Å²) in [6, 6.07) is 9.46. The zero-order chi connectivity index (χ0) is 12.7. The largest absolute Gasteiger partial charge is 0.369 e. The van der Waals surface area contributed by atoms with Gasteiger partial charge in [0.1, 0.15) is 0 Å². The minimum absolute atomic E-state index is 0.571. The molecule has 0 N–H and O–H groups in total. The van der Waals surface area contributed by atoms with E-state index in [1.54, 1.807) is 0 Å². The quantitative estimate of drug-likeness (QED) is 0.506. The van der Waals surface area contributed by atoms with Gasteiger partial charge in [-0.25, -0.2) is 0 Å². The maximum absolute atomic E-state index is 3.49. The summed E-state index contributed by atoms with van der Waals surface area (Å²) in [4.78, 5) is 2.49. The Morgan fingerprint density at radius 1 is 1.12 bits per heavy atom. The second-order valence-electron chi connectivity index (χ2n) is 4.79. The monoisotopic (exact) mass is 297 g/mol. The molecule has 0 saturated heterocycles. The van der Waals surface area contributed by atoms with E-state index in [1.165, 1.54) is 37.1 Å². The van der Waals surface area contributed by atoms with Gasteiger partial charge in [-0.05, 0) is 38.0 Å². The SMILES string of the molecule is CCCCCN(c1ccc(CBr)cc1)C(C)C. The van der Waals surface area contributed by atoms with Gasteiger partial charge in [0, 0.05) is 23.6 Å². The van der Waals surface area contributed by atoms with Gasteiger partial charge >= 0.3 is 0 Å². The number of benzene rings is 1. The minimum atomic E-state index is 0.571. The van der Waals surface area contributed by atoms with Crippen LogP contribution in [0.2, 0.25) is 0 Å². The molecule has 0 radical (unpaired) electrons. The van der Waals surface area contributed by atoms with Gasteiger partial charge < -0.3 is 4.90 Å². The van der Waals surface area contributed by atoms with Crippen LogP contribution >= 0.6 is 15.9 Å². The van der Waals surface area contributed by atoms with Crippen molar-refractivity contribution < 1.29 is 0 Å². The Morgan fingerprint density at radius 3 is 2.24 bits per heavy atom. The van der Waals surface area contributed by atoms with Gasteiger partial charge in [-0.15, -0.1) is 0 Å². The van der Waals surface area contributed by atoms with Gasteiger partial charge in [0.05, 0.1) is 0 Å². The number of nitrogens with zero attached hydrogens (tertiary/aromatic N) is 1. The standard InChI is InChI=1S/C15H24BrN/c1-4-5-6-11-17(13(2)3)15-9-7-14(12-16)8-10-15/h7-10,13H,4-6,11-12H2,1-3H3. The number of unbranched alkanes of at least 4 members (excludes halogenated alkanes) is 2. The molecule has 1 aromatic rings. The van der Waals surface area contributed by atoms with Gasteiger partial charge in [-0.1, -0.05) is 47.8 Å². The van der Waals surface area contributed by atoms with Gasteiger partial charge in [0.25, 0.3) is 0 Å². The average molecular weight is 298 g/mol. The number of rotatable bonds is 7. The van der Waals surface area contributed by atoms with Crippen LogP contribution in [0.3, 0.4) is 0 Å². The van der Waals surface area contributed by atoms with Gasteiger partial charge in [-0.3, -0.25) is 0 Å². The van der Waals surface area contributed by atoms with Crippen LogP contribution in [0.15, 0.2) is 24.3 Å². The van der Waals surface area contributed by atoms with Crippen molar-refractivity contribution in [2.45, 2.75) is 51.4 Å². The molecule has 0 saturated carbocycles. The lowest BCUT2D eigenvalue weighted by atomic mass is 10.1. The van der Waals surface area contributed by atoms with E-state index in [-0.39, 0.29) is 0 Å². The van der Waals surface area contributed by atoms with E-state index in [0.29, 0.717) is 6.04 Å². The molecule has 0 atom stereocenters. The van der Waals surface area contributed by atoms with E-state index >= 15 is 0 Å². The molecule has 0 amide bonds. The third kappa shape index (κ3) is 4.71. The number of hydrogen-bond donors (Lipinski definition) is 0. The lowest BCUT2D eigenvalue weighted by molar-refractivity contribution is 0.626. The molecule has 17 heavy (non-hydrogen) atoms. The lowest BCUT2D eigenvalue weighted by Crippen LogP contribution is -2.31. The molecular weight excluding hydrogens is 274 g/mol. The molecule has 2 heteroatoms. The Balaban J connectivity index is 2.68. The van der Waals surface area contributed by atoms with Crippen molar-refractivity contribution in [2.75, 3.05) is 11.4 Å². The molecule has 0 unspecified atom stereocenters. The molecule has 0 spiro atoms. The molecule has 96 valence electrons. The molecule has 0 fully saturated rings. The molecule has 0 aliphatic carbocycles. The molecule has 0 aromatic heterocycles. The van der Waals surface area contributed by atoms with Crippen LogP contribution in [0.5, 0.6) is 0 Å². The van der Waals surface area contributed by atoms with E-state index < -0.39 is 0 Å². The fourth-order valence-corrected chi connectivity index (χ4v) is 2.37. The van der Waals surface area contributed by atoms with Crippen LogP contribution in [0, 0.1) is 0 Å². The van der Waals surface area contributed by atoms with Gasteiger partial charge in [-0.2, -0.15) is 0 Å². The van der Waals surface area contributed by atoms with E-state index in [0.717, 1.165) is 5.33 Å². The first-order valence-electron chi connectivity index (χ1n) is 6.60. The zero-order valence-electron chi connectivity index (χ0n) is 11.2. The summed E-state index contributed by atoms with van der Waals surface area (Å²) in [7, 11) is 0. The summed E-state index contributed by atoms with van der Waals surface area (Å²) < 4.78 is 0. The van der Waals surface area contributed by atoms with Crippen molar-refractivity contribution >= 4 is 21.6 Å². The fraction of sp³-hybridized carbons (Fsp3) is 0.600. The van der Waals surface area contributed by atoms with Crippen molar-refractivity contribution in [1.29, 1.82) is 0 Å². The second-order valence-corrected chi connectivity index (χ2v) is 5.36. The smallest absolute Gasteiger partial charge is 0.0368 e. The summed E-state index contributed by atoms with van der Waals surface area (Å²) in [5.41, 5.74) is 2.69. The van der Waals surface area contributed by atoms with Crippen LogP contribution in [-0.2, 0) is 5.33 Å². The number of hydrogen-bond acceptors (Lipinski definition) is 1. The lowest BCUT2D eigenvalue weighted by Gasteiger charge is -2.29. The van der Waals surface area contributed by atoms with E-state index in [9.17, 15) is 0 Å². The fourth-order valence-electron chi connectivity index (χ4n) is 1.99. The minimum Gasteiger partial charge on any atom is -0.369 e. The molecule has 1 aromatic carbocycles. The first-order valence-corrected chi connectivity index (χ1v) is 7.72. The highest BCUT2D eigenvalue weighted by Gasteiger charge is 2.09. The number of anilines is 1. The Morgan fingerprint density at radius 2 is 1.76 bits per heavy atom. The van der Waals surface area contributed by atoms with Crippen molar-refractivity contribution in [2.24, 2.45) is 0 Å². The zero-order valence-corrected chi connectivity index (χ0v) is 12.8. The van der Waals surface area contributed by atoms with Gasteiger partial charge in [0.15, 0.2) is 0 Å². The predicted molar refractivity (Wildman–Crippen MR) is 81.1 cm³/mol. The first-order chi connectivity index (χ1) is 8.19. The summed E-state index contributed by atoms with van der Waals surface area (Å²) in [5.74, 6) is 0. The van der Waals surface area contributed by atoms with E-state index in [1.807, 2.05) is 0 Å². The van der Waals surface area contributed by atoms with Crippen LogP contribution in [0.4, 0.5) is 5.69 Å². The van der Waals surface area contributed by atoms with E-state index in [2.05, 4.69) is 65.9 Å². The maximum Gasteiger partial charge on any atom is 0.0368 e. The second kappa shape index (κ2) is 7.75. The summed E-state index contributed by atoms with van der Waals surface area (Å²) >= 11 is 3.49. The Labute approximate surface area is 114 Å². The van der Waals surface area contributed by atoms with Crippen LogP contribution in [0.25, 0.3) is 0 Å². The Bertz CT molecular complexity index is 305. The topological polar surface area (TPSA) is 3.24 Å². The predicted octanol–water partition coefficient (Wildman–Crippen LogP) is 4.99.